The first-order valence-corrected chi connectivity index (χ1v) is 6.70. The molecule has 0 bridgehead atoms. The SMILES string of the molecule is CC(Cc1ccc(F)cc1)N[C@H](C)c1ccccc1. The van der Waals surface area contributed by atoms with Gasteiger partial charge in [-0.2, -0.15) is 0 Å². The first-order valence-electron chi connectivity index (χ1n) is 6.70. The van der Waals surface area contributed by atoms with E-state index in [4.69, 9.17) is 0 Å². The third-order valence-corrected chi connectivity index (χ3v) is 3.29. The molecule has 0 heterocycles. The molecule has 0 saturated heterocycles. The maximum atomic E-state index is 12.8. The zero-order valence-corrected chi connectivity index (χ0v) is 11.4. The highest BCUT2D eigenvalue weighted by Crippen LogP contribution is 2.13. The molecule has 0 aromatic heterocycles. The van der Waals surface area contributed by atoms with Crippen LogP contribution < -0.4 is 5.32 Å². The van der Waals surface area contributed by atoms with Crippen molar-refractivity contribution in [1.82, 2.24) is 5.32 Å². The topological polar surface area (TPSA) is 12.0 Å². The summed E-state index contributed by atoms with van der Waals surface area (Å²) < 4.78 is 12.8. The Morgan fingerprint density at radius 1 is 0.947 bits per heavy atom. The van der Waals surface area contributed by atoms with Gasteiger partial charge in [-0.3, -0.25) is 0 Å². The summed E-state index contributed by atoms with van der Waals surface area (Å²) in [5, 5.41) is 3.57. The van der Waals surface area contributed by atoms with Gasteiger partial charge in [-0.1, -0.05) is 42.5 Å². The highest BCUT2D eigenvalue weighted by atomic mass is 19.1. The van der Waals surface area contributed by atoms with E-state index < -0.39 is 0 Å². The largest absolute Gasteiger partial charge is 0.307 e. The Bertz CT molecular complexity index is 492. The van der Waals surface area contributed by atoms with Crippen molar-refractivity contribution in [2.75, 3.05) is 0 Å². The minimum Gasteiger partial charge on any atom is -0.307 e. The molecule has 0 fully saturated rings. The lowest BCUT2D eigenvalue weighted by molar-refractivity contribution is 0.477. The fraction of sp³-hybridized carbons (Fsp3) is 0.294. The third kappa shape index (κ3) is 4.18. The van der Waals surface area contributed by atoms with Crippen molar-refractivity contribution in [1.29, 1.82) is 0 Å². The van der Waals surface area contributed by atoms with Gasteiger partial charge < -0.3 is 5.32 Å². The van der Waals surface area contributed by atoms with Crippen molar-refractivity contribution in [2.24, 2.45) is 0 Å². The number of benzene rings is 2. The molecule has 2 aromatic rings. The van der Waals surface area contributed by atoms with E-state index in [1.54, 1.807) is 0 Å². The fourth-order valence-corrected chi connectivity index (χ4v) is 2.30. The Balaban J connectivity index is 1.90. The molecule has 2 atom stereocenters. The van der Waals surface area contributed by atoms with E-state index in [0.29, 0.717) is 12.1 Å². The molecule has 2 heteroatoms. The second-order valence-corrected chi connectivity index (χ2v) is 5.03. The van der Waals surface area contributed by atoms with Crippen LogP contribution in [0, 0.1) is 5.82 Å². The van der Waals surface area contributed by atoms with Gasteiger partial charge in [0.25, 0.3) is 0 Å². The molecule has 100 valence electrons. The molecule has 0 spiro atoms. The quantitative estimate of drug-likeness (QED) is 0.850. The van der Waals surface area contributed by atoms with Crippen LogP contribution in [0.15, 0.2) is 54.6 Å². The summed E-state index contributed by atoms with van der Waals surface area (Å²) >= 11 is 0. The summed E-state index contributed by atoms with van der Waals surface area (Å²) in [5.74, 6) is -0.179. The molecule has 1 nitrogen and oxygen atoms in total. The van der Waals surface area contributed by atoms with Crippen LogP contribution >= 0.6 is 0 Å². The minimum absolute atomic E-state index is 0.179. The van der Waals surface area contributed by atoms with Gasteiger partial charge >= 0.3 is 0 Å². The fourth-order valence-electron chi connectivity index (χ4n) is 2.30. The number of hydrogen-bond acceptors (Lipinski definition) is 1. The van der Waals surface area contributed by atoms with E-state index in [9.17, 15) is 4.39 Å². The second-order valence-electron chi connectivity index (χ2n) is 5.03. The van der Waals surface area contributed by atoms with Crippen LogP contribution in [0.5, 0.6) is 0 Å². The predicted molar refractivity (Wildman–Crippen MR) is 77.6 cm³/mol. The molecule has 0 aliphatic carbocycles. The van der Waals surface area contributed by atoms with Crippen molar-refractivity contribution in [2.45, 2.75) is 32.4 Å². The van der Waals surface area contributed by atoms with Gasteiger partial charge in [-0.25, -0.2) is 4.39 Å². The molecule has 2 rings (SSSR count). The number of nitrogens with one attached hydrogen (secondary N) is 1. The van der Waals surface area contributed by atoms with Gasteiger partial charge in [0.05, 0.1) is 0 Å². The molecule has 2 aromatic carbocycles. The number of rotatable bonds is 5. The van der Waals surface area contributed by atoms with E-state index in [1.807, 2.05) is 18.2 Å². The Hall–Kier alpha value is -1.67. The molecule has 1 N–H and O–H groups in total. The summed E-state index contributed by atoms with van der Waals surface area (Å²) in [7, 11) is 0. The van der Waals surface area contributed by atoms with Gasteiger partial charge in [0.1, 0.15) is 5.82 Å². The summed E-state index contributed by atoms with van der Waals surface area (Å²) in [6.07, 6.45) is 0.900. The van der Waals surface area contributed by atoms with E-state index in [2.05, 4.69) is 43.4 Å². The van der Waals surface area contributed by atoms with Gasteiger partial charge in [0.2, 0.25) is 0 Å². The van der Waals surface area contributed by atoms with E-state index in [1.165, 1.54) is 17.7 Å². The molecule has 0 aliphatic rings. The van der Waals surface area contributed by atoms with Crippen molar-refractivity contribution >= 4 is 0 Å². The van der Waals surface area contributed by atoms with Crippen molar-refractivity contribution in [3.05, 3.63) is 71.5 Å². The number of hydrogen-bond donors (Lipinski definition) is 1. The van der Waals surface area contributed by atoms with Crippen molar-refractivity contribution in [3.8, 4) is 0 Å². The summed E-state index contributed by atoms with van der Waals surface area (Å²) in [4.78, 5) is 0. The Labute approximate surface area is 114 Å². The predicted octanol–water partition coefficient (Wildman–Crippen LogP) is 4.11. The lowest BCUT2D eigenvalue weighted by Crippen LogP contribution is -2.30. The molecule has 0 amide bonds. The summed E-state index contributed by atoms with van der Waals surface area (Å²) in [5.41, 5.74) is 2.44. The van der Waals surface area contributed by atoms with Gasteiger partial charge in [-0.05, 0) is 43.5 Å². The molecule has 0 radical (unpaired) electrons. The maximum Gasteiger partial charge on any atom is 0.123 e. The first-order chi connectivity index (χ1) is 9.15. The smallest absolute Gasteiger partial charge is 0.123 e. The van der Waals surface area contributed by atoms with Crippen LogP contribution in [0.2, 0.25) is 0 Å². The van der Waals surface area contributed by atoms with Crippen LogP contribution in [0.3, 0.4) is 0 Å². The average molecular weight is 257 g/mol. The standard InChI is InChI=1S/C17H20FN/c1-13(12-15-8-10-17(18)11-9-15)19-14(2)16-6-4-3-5-7-16/h3-11,13-14,19H,12H2,1-2H3/t13?,14-/m1/s1. The van der Waals surface area contributed by atoms with Crippen LogP contribution in [-0.2, 0) is 6.42 Å². The highest BCUT2D eigenvalue weighted by molar-refractivity contribution is 5.19. The van der Waals surface area contributed by atoms with Crippen LogP contribution in [0.4, 0.5) is 4.39 Å². The van der Waals surface area contributed by atoms with Crippen molar-refractivity contribution in [3.63, 3.8) is 0 Å². The van der Waals surface area contributed by atoms with Crippen LogP contribution in [-0.4, -0.2) is 6.04 Å². The summed E-state index contributed by atoms with van der Waals surface area (Å²) in [6, 6.07) is 17.8. The Morgan fingerprint density at radius 3 is 2.21 bits per heavy atom. The highest BCUT2D eigenvalue weighted by Gasteiger charge is 2.09. The molecule has 0 saturated carbocycles. The van der Waals surface area contributed by atoms with Gasteiger partial charge in [0, 0.05) is 12.1 Å². The van der Waals surface area contributed by atoms with Gasteiger partial charge in [-0.15, -0.1) is 0 Å². The van der Waals surface area contributed by atoms with Crippen molar-refractivity contribution < 1.29 is 4.39 Å². The third-order valence-electron chi connectivity index (χ3n) is 3.29. The van der Waals surface area contributed by atoms with E-state index in [-0.39, 0.29) is 5.82 Å². The van der Waals surface area contributed by atoms with E-state index >= 15 is 0 Å². The first kappa shape index (κ1) is 13.8. The normalized spacial score (nSPS) is 14.1. The molecule has 19 heavy (non-hydrogen) atoms. The lowest BCUT2D eigenvalue weighted by Gasteiger charge is -2.20. The zero-order chi connectivity index (χ0) is 13.7. The average Bonchev–Trinajstić information content (AvgIpc) is 2.42. The zero-order valence-electron chi connectivity index (χ0n) is 11.4. The summed E-state index contributed by atoms with van der Waals surface area (Å²) in [6.45, 7) is 4.32. The minimum atomic E-state index is -0.179. The maximum absolute atomic E-state index is 12.8. The Kier molecular flexibility index (Phi) is 4.69. The Morgan fingerprint density at radius 2 is 1.58 bits per heavy atom. The van der Waals surface area contributed by atoms with Gasteiger partial charge in [0.15, 0.2) is 0 Å². The molecular weight excluding hydrogens is 237 g/mol. The van der Waals surface area contributed by atoms with Crippen LogP contribution in [0.1, 0.15) is 31.0 Å². The molecule has 1 unspecified atom stereocenters. The second kappa shape index (κ2) is 6.48. The molecular formula is C17H20FN. The van der Waals surface area contributed by atoms with E-state index in [0.717, 1.165) is 12.0 Å². The number of halogens is 1. The molecule has 0 aliphatic heterocycles. The monoisotopic (exact) mass is 257 g/mol. The van der Waals surface area contributed by atoms with Crippen LogP contribution in [0.25, 0.3) is 0 Å². The lowest BCUT2D eigenvalue weighted by atomic mass is 10.0.